The summed E-state index contributed by atoms with van der Waals surface area (Å²) in [6.07, 6.45) is 4.60. The third-order valence-electron chi connectivity index (χ3n) is 5.05. The van der Waals surface area contributed by atoms with Gasteiger partial charge in [0, 0.05) is 18.3 Å². The van der Waals surface area contributed by atoms with E-state index in [0.717, 1.165) is 34.2 Å². The maximum Gasteiger partial charge on any atom is 0.111 e. The van der Waals surface area contributed by atoms with Gasteiger partial charge < -0.3 is 4.57 Å². The van der Waals surface area contributed by atoms with Crippen molar-refractivity contribution in [2.75, 3.05) is 5.88 Å². The zero-order valence-corrected chi connectivity index (χ0v) is 14.2. The number of benzene rings is 1. The SMILES string of the molecule is CC1CCCC(n2c(CCCl)nc3cccc(Cl)c32)C1C. The highest BCUT2D eigenvalue weighted by Gasteiger charge is 2.31. The Morgan fingerprint density at radius 2 is 2.10 bits per heavy atom. The number of nitrogens with zero attached hydrogens (tertiary/aromatic N) is 2. The van der Waals surface area contributed by atoms with E-state index < -0.39 is 0 Å². The van der Waals surface area contributed by atoms with Gasteiger partial charge in [0.15, 0.2) is 0 Å². The van der Waals surface area contributed by atoms with Crippen molar-refractivity contribution in [1.82, 2.24) is 9.55 Å². The molecule has 0 radical (unpaired) electrons. The van der Waals surface area contributed by atoms with Gasteiger partial charge in [0.1, 0.15) is 5.82 Å². The summed E-state index contributed by atoms with van der Waals surface area (Å²) in [6.45, 7) is 4.72. The van der Waals surface area contributed by atoms with Gasteiger partial charge in [0.05, 0.1) is 16.1 Å². The first-order chi connectivity index (χ1) is 10.1. The van der Waals surface area contributed by atoms with Crippen LogP contribution >= 0.6 is 23.2 Å². The molecule has 3 unspecified atom stereocenters. The molecular weight excluding hydrogens is 303 g/mol. The zero-order chi connectivity index (χ0) is 15.0. The van der Waals surface area contributed by atoms with Crippen LogP contribution in [0, 0.1) is 11.8 Å². The van der Waals surface area contributed by atoms with Crippen molar-refractivity contribution in [3.63, 3.8) is 0 Å². The van der Waals surface area contributed by atoms with Gasteiger partial charge in [-0.1, -0.05) is 44.4 Å². The number of alkyl halides is 1. The third-order valence-corrected chi connectivity index (χ3v) is 5.54. The molecule has 0 amide bonds. The highest BCUT2D eigenvalue weighted by atomic mass is 35.5. The molecule has 1 heterocycles. The van der Waals surface area contributed by atoms with Gasteiger partial charge in [0.2, 0.25) is 0 Å². The Morgan fingerprint density at radius 3 is 2.86 bits per heavy atom. The van der Waals surface area contributed by atoms with Crippen LogP contribution in [-0.4, -0.2) is 15.4 Å². The first-order valence-corrected chi connectivity index (χ1v) is 8.76. The second-order valence-electron chi connectivity index (χ2n) is 6.28. The maximum atomic E-state index is 6.49. The normalized spacial score (nSPS) is 26.4. The zero-order valence-electron chi connectivity index (χ0n) is 12.6. The van der Waals surface area contributed by atoms with Gasteiger partial charge >= 0.3 is 0 Å². The molecule has 114 valence electrons. The summed E-state index contributed by atoms with van der Waals surface area (Å²) < 4.78 is 2.39. The van der Waals surface area contributed by atoms with Crippen LogP contribution in [0.15, 0.2) is 18.2 Å². The summed E-state index contributed by atoms with van der Waals surface area (Å²) in [5, 5.41) is 0.797. The van der Waals surface area contributed by atoms with E-state index in [1.807, 2.05) is 18.2 Å². The first-order valence-electron chi connectivity index (χ1n) is 7.84. The smallest absolute Gasteiger partial charge is 0.111 e. The highest BCUT2D eigenvalue weighted by Crippen LogP contribution is 2.41. The standard InChI is InChI=1S/C17H22Cl2N2/c1-11-5-3-8-15(12(11)2)21-16(9-10-18)20-14-7-4-6-13(19)17(14)21/h4,6-7,11-12,15H,3,5,8-10H2,1-2H3. The van der Waals surface area contributed by atoms with Crippen LogP contribution in [0.1, 0.15) is 45.0 Å². The van der Waals surface area contributed by atoms with Crippen molar-refractivity contribution in [3.05, 3.63) is 29.0 Å². The topological polar surface area (TPSA) is 17.8 Å². The average molecular weight is 325 g/mol. The molecule has 1 aliphatic carbocycles. The number of aromatic nitrogens is 2. The minimum Gasteiger partial charge on any atom is -0.323 e. The van der Waals surface area contributed by atoms with Gasteiger partial charge in [-0.05, 0) is 30.4 Å². The monoisotopic (exact) mass is 324 g/mol. The van der Waals surface area contributed by atoms with Crippen LogP contribution in [0.5, 0.6) is 0 Å². The van der Waals surface area contributed by atoms with Crippen molar-refractivity contribution >= 4 is 34.2 Å². The van der Waals surface area contributed by atoms with Crippen molar-refractivity contribution < 1.29 is 0 Å². The van der Waals surface area contributed by atoms with E-state index in [1.165, 1.54) is 19.3 Å². The fourth-order valence-electron chi connectivity index (χ4n) is 3.69. The molecule has 0 N–H and O–H groups in total. The van der Waals surface area contributed by atoms with Crippen molar-refractivity contribution in [2.24, 2.45) is 11.8 Å². The molecule has 0 aliphatic heterocycles. The molecular formula is C17H22Cl2N2. The second-order valence-corrected chi connectivity index (χ2v) is 7.06. The van der Waals surface area contributed by atoms with Crippen LogP contribution in [0.2, 0.25) is 5.02 Å². The number of fused-ring (bicyclic) bond motifs is 1. The number of hydrogen-bond donors (Lipinski definition) is 0. The number of halogens is 2. The van der Waals surface area contributed by atoms with E-state index in [9.17, 15) is 0 Å². The van der Waals surface area contributed by atoms with Crippen LogP contribution in [0.25, 0.3) is 11.0 Å². The molecule has 3 atom stereocenters. The number of aryl methyl sites for hydroxylation is 1. The molecule has 2 nitrogen and oxygen atoms in total. The lowest BCUT2D eigenvalue weighted by molar-refractivity contribution is 0.187. The lowest BCUT2D eigenvalue weighted by atomic mass is 9.78. The molecule has 1 aromatic heterocycles. The van der Waals surface area contributed by atoms with E-state index in [0.29, 0.717) is 17.8 Å². The van der Waals surface area contributed by atoms with Crippen molar-refractivity contribution in [2.45, 2.75) is 45.6 Å². The lowest BCUT2D eigenvalue weighted by Crippen LogP contribution is -2.28. The Balaban J connectivity index is 2.16. The van der Waals surface area contributed by atoms with E-state index in [2.05, 4.69) is 18.4 Å². The molecule has 0 bridgehead atoms. The predicted octanol–water partition coefficient (Wildman–Crippen LogP) is 5.47. The minimum atomic E-state index is 0.483. The van der Waals surface area contributed by atoms with Gasteiger partial charge in [-0.15, -0.1) is 11.6 Å². The summed E-state index contributed by atoms with van der Waals surface area (Å²) in [5.74, 6) is 3.06. The summed E-state index contributed by atoms with van der Waals surface area (Å²) in [4.78, 5) is 4.79. The van der Waals surface area contributed by atoms with Crippen LogP contribution < -0.4 is 0 Å². The molecule has 2 aromatic rings. The molecule has 0 spiro atoms. The molecule has 1 fully saturated rings. The van der Waals surface area contributed by atoms with Crippen molar-refractivity contribution in [3.8, 4) is 0 Å². The van der Waals surface area contributed by atoms with Crippen LogP contribution in [0.4, 0.5) is 0 Å². The Labute approximate surface area is 136 Å². The molecule has 1 aromatic carbocycles. The Bertz CT molecular complexity index is 635. The lowest BCUT2D eigenvalue weighted by Gasteiger charge is -2.36. The van der Waals surface area contributed by atoms with E-state index in [1.54, 1.807) is 0 Å². The number of hydrogen-bond acceptors (Lipinski definition) is 1. The molecule has 21 heavy (non-hydrogen) atoms. The fraction of sp³-hybridized carbons (Fsp3) is 0.588. The minimum absolute atomic E-state index is 0.483. The number of para-hydroxylation sites is 1. The number of rotatable bonds is 3. The summed E-state index contributed by atoms with van der Waals surface area (Å²) >= 11 is 12.5. The predicted molar refractivity (Wildman–Crippen MR) is 90.4 cm³/mol. The van der Waals surface area contributed by atoms with Gasteiger partial charge in [0.25, 0.3) is 0 Å². The summed E-state index contributed by atoms with van der Waals surface area (Å²) in [5.41, 5.74) is 2.08. The molecule has 1 aliphatic rings. The first kappa shape index (κ1) is 15.2. The summed E-state index contributed by atoms with van der Waals surface area (Å²) in [6, 6.07) is 6.46. The highest BCUT2D eigenvalue weighted by molar-refractivity contribution is 6.35. The van der Waals surface area contributed by atoms with Gasteiger partial charge in [-0.2, -0.15) is 0 Å². The largest absolute Gasteiger partial charge is 0.323 e. The quantitative estimate of drug-likeness (QED) is 0.684. The molecule has 1 saturated carbocycles. The third kappa shape index (κ3) is 2.68. The van der Waals surface area contributed by atoms with Crippen molar-refractivity contribution in [1.29, 1.82) is 0 Å². The van der Waals surface area contributed by atoms with Gasteiger partial charge in [-0.3, -0.25) is 0 Å². The van der Waals surface area contributed by atoms with E-state index in [-0.39, 0.29) is 0 Å². The Hall–Kier alpha value is -0.730. The fourth-order valence-corrected chi connectivity index (χ4v) is 4.12. The van der Waals surface area contributed by atoms with E-state index >= 15 is 0 Å². The Kier molecular flexibility index (Phi) is 4.46. The van der Waals surface area contributed by atoms with Crippen LogP contribution in [0.3, 0.4) is 0 Å². The van der Waals surface area contributed by atoms with Gasteiger partial charge in [-0.25, -0.2) is 4.98 Å². The number of imidazole rings is 1. The second kappa shape index (κ2) is 6.18. The maximum absolute atomic E-state index is 6.49. The molecule has 0 saturated heterocycles. The summed E-state index contributed by atoms with van der Waals surface area (Å²) in [7, 11) is 0. The molecule has 3 rings (SSSR count). The molecule has 4 heteroatoms. The van der Waals surface area contributed by atoms with Crippen LogP contribution in [-0.2, 0) is 6.42 Å². The average Bonchev–Trinajstić information content (AvgIpc) is 2.82. The van der Waals surface area contributed by atoms with E-state index in [4.69, 9.17) is 28.2 Å². The Morgan fingerprint density at radius 1 is 1.29 bits per heavy atom.